The summed E-state index contributed by atoms with van der Waals surface area (Å²) in [7, 11) is 5.24. The standard InChI is InChI=1S/C11H21N3O3S/c1-8(15)7-9(14(4)11(17)18)10(16)12-5-6-13(2)3/h9H,5-7H2,1-4H3,(H,12,16)(H,17,18). The van der Waals surface area contributed by atoms with Gasteiger partial charge in [0.15, 0.2) is 0 Å². The van der Waals surface area contributed by atoms with E-state index >= 15 is 0 Å². The number of carbonyl (C=O) groups excluding carboxylic acids is 3. The number of carbonyl (C=O) groups is 3. The quantitative estimate of drug-likeness (QED) is 0.641. The van der Waals surface area contributed by atoms with E-state index in [0.29, 0.717) is 13.1 Å². The van der Waals surface area contributed by atoms with Crippen LogP contribution in [0.25, 0.3) is 0 Å². The van der Waals surface area contributed by atoms with Crippen LogP contribution >= 0.6 is 12.6 Å². The fraction of sp³-hybridized carbons (Fsp3) is 0.727. The summed E-state index contributed by atoms with van der Waals surface area (Å²) in [6.45, 7) is 2.54. The Morgan fingerprint density at radius 1 is 1.22 bits per heavy atom. The number of nitrogens with zero attached hydrogens (tertiary/aromatic N) is 2. The lowest BCUT2D eigenvalue weighted by atomic mass is 10.1. The van der Waals surface area contributed by atoms with Gasteiger partial charge >= 0.3 is 0 Å². The third-order valence-corrected chi connectivity index (χ3v) is 2.73. The van der Waals surface area contributed by atoms with Crippen LogP contribution in [-0.4, -0.2) is 67.0 Å². The summed E-state index contributed by atoms with van der Waals surface area (Å²) in [5.41, 5.74) is 0. The fourth-order valence-corrected chi connectivity index (χ4v) is 1.47. The first-order valence-electron chi connectivity index (χ1n) is 5.63. The van der Waals surface area contributed by atoms with Crippen LogP contribution in [0.2, 0.25) is 0 Å². The van der Waals surface area contributed by atoms with Crippen LogP contribution in [0.5, 0.6) is 0 Å². The van der Waals surface area contributed by atoms with Crippen molar-refractivity contribution in [2.24, 2.45) is 0 Å². The molecule has 0 radical (unpaired) electrons. The van der Waals surface area contributed by atoms with Crippen LogP contribution in [0.1, 0.15) is 13.3 Å². The highest BCUT2D eigenvalue weighted by atomic mass is 32.1. The van der Waals surface area contributed by atoms with E-state index in [1.54, 1.807) is 0 Å². The van der Waals surface area contributed by atoms with Crippen LogP contribution in [0, 0.1) is 0 Å². The molecule has 104 valence electrons. The van der Waals surface area contributed by atoms with Crippen LogP contribution in [-0.2, 0) is 9.59 Å². The molecule has 0 saturated carbocycles. The second-order valence-electron chi connectivity index (χ2n) is 4.41. The first kappa shape index (κ1) is 16.9. The molecule has 0 heterocycles. The lowest BCUT2D eigenvalue weighted by Crippen LogP contribution is -2.48. The summed E-state index contributed by atoms with van der Waals surface area (Å²) in [6, 6.07) is -0.797. The highest BCUT2D eigenvalue weighted by molar-refractivity contribution is 7.96. The molecule has 0 fully saturated rings. The minimum atomic E-state index is -0.797. The van der Waals surface area contributed by atoms with E-state index in [1.165, 1.54) is 14.0 Å². The summed E-state index contributed by atoms with van der Waals surface area (Å²) >= 11 is 3.66. The van der Waals surface area contributed by atoms with E-state index in [-0.39, 0.29) is 18.1 Å². The van der Waals surface area contributed by atoms with Gasteiger partial charge in [-0.25, -0.2) is 0 Å². The van der Waals surface area contributed by atoms with Crippen LogP contribution in [0.4, 0.5) is 4.79 Å². The number of hydrogen-bond acceptors (Lipinski definition) is 4. The fourth-order valence-electron chi connectivity index (χ4n) is 1.33. The van der Waals surface area contributed by atoms with Crippen molar-refractivity contribution in [2.75, 3.05) is 34.2 Å². The van der Waals surface area contributed by atoms with E-state index in [0.717, 1.165) is 4.90 Å². The summed E-state index contributed by atoms with van der Waals surface area (Å²) in [6.07, 6.45) is -0.00338. The van der Waals surface area contributed by atoms with Gasteiger partial charge in [0.25, 0.3) is 5.24 Å². The predicted octanol–water partition coefficient (Wildman–Crippen LogP) is -0.00650. The van der Waals surface area contributed by atoms with Gasteiger partial charge in [0.1, 0.15) is 11.8 Å². The van der Waals surface area contributed by atoms with Crippen LogP contribution in [0.3, 0.4) is 0 Å². The Labute approximate surface area is 113 Å². The van der Waals surface area contributed by atoms with Crippen molar-refractivity contribution in [3.63, 3.8) is 0 Å². The molecule has 7 heteroatoms. The van der Waals surface area contributed by atoms with Crippen LogP contribution in [0.15, 0.2) is 0 Å². The number of likely N-dealkylation sites (N-methyl/N-ethyl adjacent to an activating group) is 2. The molecule has 0 saturated heterocycles. The average molecular weight is 275 g/mol. The van der Waals surface area contributed by atoms with Crippen LogP contribution < -0.4 is 5.32 Å². The Kier molecular flexibility index (Phi) is 7.61. The van der Waals surface area contributed by atoms with Crippen molar-refractivity contribution >= 4 is 29.6 Å². The summed E-state index contributed by atoms with van der Waals surface area (Å²) in [5.74, 6) is -0.485. The first-order valence-corrected chi connectivity index (χ1v) is 6.08. The molecule has 0 rings (SSSR count). The molecule has 1 unspecified atom stereocenters. The van der Waals surface area contributed by atoms with Gasteiger partial charge in [-0.2, -0.15) is 0 Å². The number of hydrogen-bond donors (Lipinski definition) is 2. The average Bonchev–Trinajstić information content (AvgIpc) is 2.23. The molecule has 0 aromatic rings. The molecular weight excluding hydrogens is 254 g/mol. The number of nitrogens with one attached hydrogen (secondary N) is 1. The Bertz CT molecular complexity index is 321. The van der Waals surface area contributed by atoms with E-state index in [1.807, 2.05) is 19.0 Å². The zero-order chi connectivity index (χ0) is 14.3. The van der Waals surface area contributed by atoms with Crippen molar-refractivity contribution in [3.05, 3.63) is 0 Å². The van der Waals surface area contributed by atoms with Gasteiger partial charge in [0, 0.05) is 26.6 Å². The molecule has 6 nitrogen and oxygen atoms in total. The number of Topliss-reactive ketones (excluding diaryl/α,β-unsaturated/α-hetero) is 1. The molecule has 0 aliphatic rings. The molecule has 0 aliphatic heterocycles. The third-order valence-electron chi connectivity index (χ3n) is 2.41. The molecular formula is C11H21N3O3S. The van der Waals surface area contributed by atoms with Gasteiger partial charge in [-0.3, -0.25) is 14.4 Å². The van der Waals surface area contributed by atoms with Crippen molar-refractivity contribution < 1.29 is 14.4 Å². The number of ketones is 1. The Morgan fingerprint density at radius 2 is 1.78 bits per heavy atom. The van der Waals surface area contributed by atoms with Gasteiger partial charge < -0.3 is 15.1 Å². The SMILES string of the molecule is CC(=O)CC(C(=O)NCCN(C)C)N(C)C(=O)S. The number of thiol groups is 1. The largest absolute Gasteiger partial charge is 0.353 e. The van der Waals surface area contributed by atoms with Gasteiger partial charge in [-0.05, 0) is 21.0 Å². The number of amides is 2. The molecule has 0 spiro atoms. The molecule has 1 atom stereocenters. The molecule has 0 aromatic heterocycles. The van der Waals surface area contributed by atoms with Crippen molar-refractivity contribution in [1.29, 1.82) is 0 Å². The van der Waals surface area contributed by atoms with E-state index in [2.05, 4.69) is 17.9 Å². The maximum absolute atomic E-state index is 11.9. The highest BCUT2D eigenvalue weighted by Crippen LogP contribution is 2.06. The maximum Gasteiger partial charge on any atom is 0.278 e. The molecule has 0 aliphatic carbocycles. The second kappa shape index (κ2) is 8.10. The smallest absolute Gasteiger partial charge is 0.278 e. The normalized spacial score (nSPS) is 12.1. The highest BCUT2D eigenvalue weighted by Gasteiger charge is 2.26. The monoisotopic (exact) mass is 275 g/mol. The van der Waals surface area contributed by atoms with Gasteiger partial charge in [-0.1, -0.05) is 12.6 Å². The van der Waals surface area contributed by atoms with E-state index in [9.17, 15) is 14.4 Å². The first-order chi connectivity index (χ1) is 8.25. The zero-order valence-electron chi connectivity index (χ0n) is 11.3. The molecule has 18 heavy (non-hydrogen) atoms. The summed E-state index contributed by atoms with van der Waals surface area (Å²) in [4.78, 5) is 37.2. The number of rotatable bonds is 7. The van der Waals surface area contributed by atoms with Crippen molar-refractivity contribution in [3.8, 4) is 0 Å². The molecule has 2 amide bonds. The Morgan fingerprint density at radius 3 is 2.17 bits per heavy atom. The van der Waals surface area contributed by atoms with E-state index in [4.69, 9.17) is 0 Å². The van der Waals surface area contributed by atoms with Crippen molar-refractivity contribution in [1.82, 2.24) is 15.1 Å². The lowest BCUT2D eigenvalue weighted by Gasteiger charge is -2.25. The van der Waals surface area contributed by atoms with Gasteiger partial charge in [0.05, 0.1) is 0 Å². The van der Waals surface area contributed by atoms with Gasteiger partial charge in [-0.15, -0.1) is 0 Å². The summed E-state index contributed by atoms with van der Waals surface area (Å²) < 4.78 is 0. The molecule has 1 N–H and O–H groups in total. The molecule has 0 bridgehead atoms. The van der Waals surface area contributed by atoms with E-state index < -0.39 is 11.3 Å². The second-order valence-corrected chi connectivity index (χ2v) is 4.79. The predicted molar refractivity (Wildman–Crippen MR) is 72.8 cm³/mol. The zero-order valence-corrected chi connectivity index (χ0v) is 12.2. The summed E-state index contributed by atoms with van der Waals surface area (Å²) in [5, 5.41) is 2.16. The minimum absolute atomic E-state index is 0.00338. The minimum Gasteiger partial charge on any atom is -0.353 e. The maximum atomic E-state index is 11.9. The Balaban J connectivity index is 4.50. The topological polar surface area (TPSA) is 69.7 Å². The van der Waals surface area contributed by atoms with Crippen molar-refractivity contribution in [2.45, 2.75) is 19.4 Å². The van der Waals surface area contributed by atoms with Gasteiger partial charge in [0.2, 0.25) is 5.91 Å². The third kappa shape index (κ3) is 6.61. The Hall–Kier alpha value is -1.08. The lowest BCUT2D eigenvalue weighted by molar-refractivity contribution is -0.128. The molecule has 0 aromatic carbocycles.